The van der Waals surface area contributed by atoms with Crippen LogP contribution in [0.5, 0.6) is 0 Å². The van der Waals surface area contributed by atoms with Gasteiger partial charge < -0.3 is 10.1 Å². The van der Waals surface area contributed by atoms with E-state index in [1.807, 2.05) is 0 Å². The minimum absolute atomic E-state index is 0.268. The van der Waals surface area contributed by atoms with Crippen molar-refractivity contribution >= 4 is 0 Å². The number of ether oxygens (including phenoxy) is 1. The maximum Gasteiger partial charge on any atom is 0.416 e. The molecule has 1 saturated heterocycles. The molecule has 2 rings (SSSR count). The normalized spacial score (nSPS) is 16.9. The molecule has 0 unspecified atom stereocenters. The average Bonchev–Trinajstić information content (AvgIpc) is 2.21. The first-order chi connectivity index (χ1) is 8.05. The lowest BCUT2D eigenvalue weighted by Crippen LogP contribution is -2.48. The van der Waals surface area contributed by atoms with Crippen LogP contribution >= 0.6 is 0 Å². The lowest BCUT2D eigenvalue weighted by atomic mass is 10.1. The van der Waals surface area contributed by atoms with Gasteiger partial charge in [-0.25, -0.2) is 0 Å². The van der Waals surface area contributed by atoms with Gasteiger partial charge in [0.25, 0.3) is 0 Å². The first-order valence-corrected chi connectivity index (χ1v) is 5.54. The molecule has 1 fully saturated rings. The molecule has 1 aliphatic rings. The zero-order valence-corrected chi connectivity index (χ0v) is 9.26. The van der Waals surface area contributed by atoms with E-state index in [2.05, 4.69) is 5.32 Å². The SMILES string of the molecule is FC(F)(F)c1ccc(CCOC2CNC2)cc1. The minimum atomic E-state index is -4.26. The zero-order chi connectivity index (χ0) is 12.3. The molecule has 17 heavy (non-hydrogen) atoms. The van der Waals surface area contributed by atoms with Gasteiger partial charge in [0, 0.05) is 13.1 Å². The van der Waals surface area contributed by atoms with Crippen LogP contribution in [0.15, 0.2) is 24.3 Å². The fraction of sp³-hybridized carbons (Fsp3) is 0.500. The van der Waals surface area contributed by atoms with Crippen molar-refractivity contribution in [3.8, 4) is 0 Å². The Morgan fingerprint density at radius 3 is 2.29 bits per heavy atom. The fourth-order valence-electron chi connectivity index (χ4n) is 1.58. The van der Waals surface area contributed by atoms with Crippen LogP contribution in [-0.4, -0.2) is 25.8 Å². The van der Waals surface area contributed by atoms with Crippen molar-refractivity contribution in [2.45, 2.75) is 18.7 Å². The van der Waals surface area contributed by atoms with Crippen LogP contribution in [-0.2, 0) is 17.3 Å². The van der Waals surface area contributed by atoms with Gasteiger partial charge in [-0.05, 0) is 24.1 Å². The van der Waals surface area contributed by atoms with Gasteiger partial charge in [0.05, 0.1) is 18.3 Å². The Labute approximate surface area is 97.8 Å². The van der Waals surface area contributed by atoms with Crippen molar-refractivity contribution < 1.29 is 17.9 Å². The molecule has 0 aliphatic carbocycles. The molecule has 1 N–H and O–H groups in total. The standard InChI is InChI=1S/C12H14F3NO/c13-12(14,15)10-3-1-9(2-4-10)5-6-17-11-7-16-8-11/h1-4,11,16H,5-8H2. The van der Waals surface area contributed by atoms with E-state index >= 15 is 0 Å². The Kier molecular flexibility index (Phi) is 3.69. The predicted molar refractivity (Wildman–Crippen MR) is 57.8 cm³/mol. The molecule has 1 aromatic carbocycles. The van der Waals surface area contributed by atoms with Crippen LogP contribution < -0.4 is 5.32 Å². The molecule has 94 valence electrons. The number of alkyl halides is 3. The average molecular weight is 245 g/mol. The molecule has 0 spiro atoms. The van der Waals surface area contributed by atoms with E-state index in [9.17, 15) is 13.2 Å². The quantitative estimate of drug-likeness (QED) is 0.878. The van der Waals surface area contributed by atoms with Crippen LogP contribution in [0.1, 0.15) is 11.1 Å². The Balaban J connectivity index is 1.81. The molecule has 1 aliphatic heterocycles. The maximum atomic E-state index is 12.3. The first-order valence-electron chi connectivity index (χ1n) is 5.54. The molecule has 0 aromatic heterocycles. The van der Waals surface area contributed by atoms with Crippen molar-refractivity contribution in [3.63, 3.8) is 0 Å². The Morgan fingerprint density at radius 1 is 1.18 bits per heavy atom. The van der Waals surface area contributed by atoms with Crippen molar-refractivity contribution in [2.75, 3.05) is 19.7 Å². The summed E-state index contributed by atoms with van der Waals surface area (Å²) in [5.74, 6) is 0. The predicted octanol–water partition coefficient (Wildman–Crippen LogP) is 2.24. The van der Waals surface area contributed by atoms with E-state index in [1.165, 1.54) is 12.1 Å². The van der Waals surface area contributed by atoms with E-state index in [4.69, 9.17) is 4.74 Å². The smallest absolute Gasteiger partial charge is 0.375 e. The highest BCUT2D eigenvalue weighted by Gasteiger charge is 2.29. The third-order valence-electron chi connectivity index (χ3n) is 2.77. The second kappa shape index (κ2) is 5.06. The van der Waals surface area contributed by atoms with E-state index in [-0.39, 0.29) is 6.10 Å². The summed E-state index contributed by atoms with van der Waals surface area (Å²) < 4.78 is 42.4. The molecular weight excluding hydrogens is 231 g/mol. The van der Waals surface area contributed by atoms with Crippen molar-refractivity contribution in [1.82, 2.24) is 5.32 Å². The first kappa shape index (κ1) is 12.4. The number of halogens is 3. The summed E-state index contributed by atoms with van der Waals surface area (Å²) in [7, 11) is 0. The summed E-state index contributed by atoms with van der Waals surface area (Å²) >= 11 is 0. The van der Waals surface area contributed by atoms with Gasteiger partial charge in [-0.15, -0.1) is 0 Å². The summed E-state index contributed by atoms with van der Waals surface area (Å²) in [6, 6.07) is 5.23. The van der Waals surface area contributed by atoms with E-state index < -0.39 is 11.7 Å². The topological polar surface area (TPSA) is 21.3 Å². The highest BCUT2D eigenvalue weighted by Crippen LogP contribution is 2.29. The lowest BCUT2D eigenvalue weighted by molar-refractivity contribution is -0.137. The second-order valence-corrected chi connectivity index (χ2v) is 4.10. The fourth-order valence-corrected chi connectivity index (χ4v) is 1.58. The van der Waals surface area contributed by atoms with Crippen LogP contribution in [0.4, 0.5) is 13.2 Å². The summed E-state index contributed by atoms with van der Waals surface area (Å²) in [5.41, 5.74) is 0.260. The lowest BCUT2D eigenvalue weighted by Gasteiger charge is -2.27. The molecule has 1 heterocycles. The van der Waals surface area contributed by atoms with Crippen LogP contribution in [0.25, 0.3) is 0 Å². The van der Waals surface area contributed by atoms with Crippen LogP contribution in [0, 0.1) is 0 Å². The number of rotatable bonds is 4. The van der Waals surface area contributed by atoms with E-state index in [0.717, 1.165) is 30.8 Å². The highest BCUT2D eigenvalue weighted by molar-refractivity contribution is 5.24. The molecule has 0 radical (unpaired) electrons. The summed E-state index contributed by atoms with van der Waals surface area (Å²) in [4.78, 5) is 0. The minimum Gasteiger partial charge on any atom is -0.375 e. The van der Waals surface area contributed by atoms with Gasteiger partial charge in [-0.1, -0.05) is 12.1 Å². The molecule has 0 atom stereocenters. The molecule has 5 heteroatoms. The number of hydrogen-bond acceptors (Lipinski definition) is 2. The van der Waals surface area contributed by atoms with E-state index in [1.54, 1.807) is 0 Å². The largest absolute Gasteiger partial charge is 0.416 e. The van der Waals surface area contributed by atoms with Gasteiger partial charge in [-0.3, -0.25) is 0 Å². The van der Waals surface area contributed by atoms with Crippen LogP contribution in [0.2, 0.25) is 0 Å². The maximum absolute atomic E-state index is 12.3. The monoisotopic (exact) mass is 245 g/mol. The molecule has 0 bridgehead atoms. The van der Waals surface area contributed by atoms with Crippen molar-refractivity contribution in [1.29, 1.82) is 0 Å². The summed E-state index contributed by atoms with van der Waals surface area (Å²) in [5, 5.41) is 3.08. The van der Waals surface area contributed by atoms with Gasteiger partial charge in [0.2, 0.25) is 0 Å². The number of nitrogens with one attached hydrogen (secondary N) is 1. The molecule has 2 nitrogen and oxygen atoms in total. The second-order valence-electron chi connectivity index (χ2n) is 4.10. The Hall–Kier alpha value is -1.07. The Morgan fingerprint density at radius 2 is 1.82 bits per heavy atom. The molecule has 0 amide bonds. The van der Waals surface area contributed by atoms with Crippen molar-refractivity contribution in [3.05, 3.63) is 35.4 Å². The third kappa shape index (κ3) is 3.44. The van der Waals surface area contributed by atoms with Gasteiger partial charge in [0.15, 0.2) is 0 Å². The van der Waals surface area contributed by atoms with E-state index in [0.29, 0.717) is 13.0 Å². The number of benzene rings is 1. The zero-order valence-electron chi connectivity index (χ0n) is 9.26. The summed E-state index contributed by atoms with van der Waals surface area (Å²) in [6.07, 6.45) is -3.34. The van der Waals surface area contributed by atoms with Gasteiger partial charge >= 0.3 is 6.18 Å². The van der Waals surface area contributed by atoms with Gasteiger partial charge in [-0.2, -0.15) is 13.2 Å². The summed E-state index contributed by atoms with van der Waals surface area (Å²) in [6.45, 7) is 2.29. The van der Waals surface area contributed by atoms with Gasteiger partial charge in [0.1, 0.15) is 0 Å². The molecule has 1 aromatic rings. The highest BCUT2D eigenvalue weighted by atomic mass is 19.4. The Bertz CT molecular complexity index is 357. The number of hydrogen-bond donors (Lipinski definition) is 1. The molecular formula is C12H14F3NO. The van der Waals surface area contributed by atoms with Crippen molar-refractivity contribution in [2.24, 2.45) is 0 Å². The van der Waals surface area contributed by atoms with Crippen LogP contribution in [0.3, 0.4) is 0 Å². The molecule has 0 saturated carbocycles. The third-order valence-corrected chi connectivity index (χ3v) is 2.77.